The molecule has 0 aliphatic carbocycles. The van der Waals surface area contributed by atoms with E-state index in [2.05, 4.69) is 16.8 Å². The van der Waals surface area contributed by atoms with Gasteiger partial charge in [-0.3, -0.25) is 0 Å². The maximum absolute atomic E-state index is 13.4. The Hall–Kier alpha value is -1.68. The molecule has 2 rings (SSSR count). The van der Waals surface area contributed by atoms with Crippen LogP contribution in [0.4, 0.5) is 8.78 Å². The molecule has 0 saturated carbocycles. The van der Waals surface area contributed by atoms with Crippen molar-refractivity contribution >= 4 is 0 Å². The number of hydrogen-bond donors (Lipinski definition) is 1. The quantitative estimate of drug-likeness (QED) is 0.845. The highest BCUT2D eigenvalue weighted by Crippen LogP contribution is 2.10. The van der Waals surface area contributed by atoms with Crippen molar-refractivity contribution in [3.05, 3.63) is 59.4 Å². The highest BCUT2D eigenvalue weighted by atomic mass is 19.1. The van der Waals surface area contributed by atoms with Crippen LogP contribution in [0.5, 0.6) is 0 Å². The number of nitrogens with one attached hydrogen (secondary N) is 1. The van der Waals surface area contributed by atoms with E-state index in [0.717, 1.165) is 19.0 Å². The van der Waals surface area contributed by atoms with Crippen LogP contribution in [-0.4, -0.2) is 4.57 Å². The number of aryl methyl sites for hydroxylation is 1. The molecule has 0 saturated heterocycles. The van der Waals surface area contributed by atoms with Gasteiger partial charge in [-0.2, -0.15) is 0 Å². The normalized spacial score (nSPS) is 10.9. The van der Waals surface area contributed by atoms with Crippen LogP contribution < -0.4 is 5.32 Å². The van der Waals surface area contributed by atoms with Gasteiger partial charge in [0.2, 0.25) is 0 Å². The average Bonchev–Trinajstić information content (AvgIpc) is 2.80. The first-order valence-corrected chi connectivity index (χ1v) is 6.49. The third-order valence-electron chi connectivity index (χ3n) is 3.02. The predicted octanol–water partition coefficient (Wildman–Crippen LogP) is 3.47. The number of rotatable bonds is 6. The third kappa shape index (κ3) is 3.64. The summed E-state index contributed by atoms with van der Waals surface area (Å²) in [4.78, 5) is 0. The van der Waals surface area contributed by atoms with E-state index in [1.807, 2.05) is 18.3 Å². The van der Waals surface area contributed by atoms with Gasteiger partial charge in [0, 0.05) is 43.2 Å². The van der Waals surface area contributed by atoms with Gasteiger partial charge in [-0.15, -0.1) is 0 Å². The van der Waals surface area contributed by atoms with Gasteiger partial charge in [-0.25, -0.2) is 8.78 Å². The van der Waals surface area contributed by atoms with Crippen molar-refractivity contribution < 1.29 is 8.78 Å². The third-order valence-corrected chi connectivity index (χ3v) is 3.02. The van der Waals surface area contributed by atoms with E-state index in [9.17, 15) is 8.78 Å². The molecule has 0 radical (unpaired) electrons. The molecule has 0 fully saturated rings. The van der Waals surface area contributed by atoms with E-state index in [1.54, 1.807) is 0 Å². The van der Waals surface area contributed by atoms with Crippen molar-refractivity contribution in [2.75, 3.05) is 0 Å². The van der Waals surface area contributed by atoms with Crippen LogP contribution in [-0.2, 0) is 19.6 Å². The van der Waals surface area contributed by atoms with Crippen molar-refractivity contribution in [2.24, 2.45) is 0 Å². The van der Waals surface area contributed by atoms with Crippen LogP contribution in [0.2, 0.25) is 0 Å². The molecular formula is C15H18F2N2. The number of aromatic nitrogens is 1. The maximum Gasteiger partial charge on any atom is 0.130 e. The van der Waals surface area contributed by atoms with Crippen LogP contribution in [0.15, 0.2) is 36.5 Å². The highest BCUT2D eigenvalue weighted by molar-refractivity contribution is 5.18. The largest absolute Gasteiger partial charge is 0.350 e. The molecular weight excluding hydrogens is 246 g/mol. The fraction of sp³-hybridized carbons (Fsp3) is 0.333. The lowest BCUT2D eigenvalue weighted by Crippen LogP contribution is -2.16. The van der Waals surface area contributed by atoms with Crippen molar-refractivity contribution in [1.82, 2.24) is 9.88 Å². The molecule has 0 spiro atoms. The number of hydrogen-bond acceptors (Lipinski definition) is 1. The smallest absolute Gasteiger partial charge is 0.130 e. The van der Waals surface area contributed by atoms with Crippen LogP contribution in [0, 0.1) is 11.6 Å². The monoisotopic (exact) mass is 264 g/mol. The Morgan fingerprint density at radius 2 is 2.00 bits per heavy atom. The number of halogens is 2. The molecule has 2 aromatic rings. The van der Waals surface area contributed by atoms with Crippen molar-refractivity contribution in [3.63, 3.8) is 0 Å². The van der Waals surface area contributed by atoms with Gasteiger partial charge < -0.3 is 9.88 Å². The van der Waals surface area contributed by atoms with E-state index < -0.39 is 11.6 Å². The Bertz CT molecular complexity index is 535. The number of nitrogens with zero attached hydrogens (tertiary/aromatic N) is 1. The summed E-state index contributed by atoms with van der Waals surface area (Å²) in [5.41, 5.74) is 1.65. The molecule has 1 N–H and O–H groups in total. The Morgan fingerprint density at radius 1 is 1.16 bits per heavy atom. The van der Waals surface area contributed by atoms with Crippen LogP contribution in [0.3, 0.4) is 0 Å². The Labute approximate surface area is 112 Å². The zero-order valence-corrected chi connectivity index (χ0v) is 11.0. The van der Waals surface area contributed by atoms with Gasteiger partial charge in [0.15, 0.2) is 0 Å². The lowest BCUT2D eigenvalue weighted by atomic mass is 10.2. The summed E-state index contributed by atoms with van der Waals surface area (Å²) < 4.78 is 28.4. The lowest BCUT2D eigenvalue weighted by Gasteiger charge is -2.09. The average molecular weight is 264 g/mol. The summed E-state index contributed by atoms with van der Waals surface area (Å²) in [6, 6.07) is 7.72. The van der Waals surface area contributed by atoms with Gasteiger partial charge in [-0.05, 0) is 24.6 Å². The van der Waals surface area contributed by atoms with E-state index in [4.69, 9.17) is 0 Å². The molecule has 0 bridgehead atoms. The van der Waals surface area contributed by atoms with Crippen LogP contribution in [0.25, 0.3) is 0 Å². The summed E-state index contributed by atoms with van der Waals surface area (Å²) >= 11 is 0. The first-order chi connectivity index (χ1) is 9.20. The molecule has 19 heavy (non-hydrogen) atoms. The molecule has 102 valence electrons. The second kappa shape index (κ2) is 6.48. The summed E-state index contributed by atoms with van der Waals surface area (Å²) in [6.07, 6.45) is 3.12. The lowest BCUT2D eigenvalue weighted by molar-refractivity contribution is 0.553. The van der Waals surface area contributed by atoms with Crippen molar-refractivity contribution in [2.45, 2.75) is 33.0 Å². The molecule has 0 amide bonds. The van der Waals surface area contributed by atoms with E-state index in [1.165, 1.54) is 17.8 Å². The van der Waals surface area contributed by atoms with E-state index >= 15 is 0 Å². The predicted molar refractivity (Wildman–Crippen MR) is 71.6 cm³/mol. The van der Waals surface area contributed by atoms with Gasteiger partial charge in [-0.1, -0.05) is 13.0 Å². The molecule has 2 nitrogen and oxygen atoms in total. The highest BCUT2D eigenvalue weighted by Gasteiger charge is 2.04. The fourth-order valence-corrected chi connectivity index (χ4v) is 2.06. The minimum atomic E-state index is -0.543. The topological polar surface area (TPSA) is 17.0 Å². The molecule has 0 aliphatic rings. The summed E-state index contributed by atoms with van der Waals surface area (Å²) in [5.74, 6) is -1.05. The van der Waals surface area contributed by atoms with Gasteiger partial charge >= 0.3 is 0 Å². The first-order valence-electron chi connectivity index (χ1n) is 6.49. The molecule has 1 aromatic carbocycles. The molecule has 0 unspecified atom stereocenters. The summed E-state index contributed by atoms with van der Waals surface area (Å²) in [6.45, 7) is 4.17. The van der Waals surface area contributed by atoms with Crippen molar-refractivity contribution in [3.8, 4) is 0 Å². The second-order valence-corrected chi connectivity index (χ2v) is 4.53. The minimum Gasteiger partial charge on any atom is -0.350 e. The zero-order chi connectivity index (χ0) is 13.7. The zero-order valence-electron chi connectivity index (χ0n) is 11.0. The second-order valence-electron chi connectivity index (χ2n) is 4.53. The van der Waals surface area contributed by atoms with E-state index in [0.29, 0.717) is 18.7 Å². The van der Waals surface area contributed by atoms with E-state index in [-0.39, 0.29) is 0 Å². The molecule has 0 aliphatic heterocycles. The molecule has 1 heterocycles. The van der Waals surface area contributed by atoms with Gasteiger partial charge in [0.1, 0.15) is 11.6 Å². The van der Waals surface area contributed by atoms with Gasteiger partial charge in [0.25, 0.3) is 0 Å². The Balaban J connectivity index is 1.91. The van der Waals surface area contributed by atoms with Crippen LogP contribution >= 0.6 is 0 Å². The van der Waals surface area contributed by atoms with Gasteiger partial charge in [0.05, 0.1) is 0 Å². The Kier molecular flexibility index (Phi) is 4.68. The molecule has 1 aromatic heterocycles. The molecule has 0 atom stereocenters. The fourth-order valence-electron chi connectivity index (χ4n) is 2.06. The van der Waals surface area contributed by atoms with Crippen LogP contribution in [0.1, 0.15) is 24.6 Å². The first kappa shape index (κ1) is 13.7. The summed E-state index contributed by atoms with van der Waals surface area (Å²) in [7, 11) is 0. The minimum absolute atomic E-state index is 0.392. The van der Waals surface area contributed by atoms with Crippen molar-refractivity contribution in [1.29, 1.82) is 0 Å². The summed E-state index contributed by atoms with van der Waals surface area (Å²) in [5, 5.41) is 3.18. The standard InChI is InChI=1S/C15H18F2N2/c1-2-7-19-8-3-4-14(19)11-18-10-12-5-6-13(16)9-15(12)17/h3-6,8-9,18H,2,7,10-11H2,1H3. The number of benzene rings is 1. The maximum atomic E-state index is 13.4. The SMILES string of the molecule is CCCn1cccc1CNCc1ccc(F)cc1F. The molecule has 4 heteroatoms. The Morgan fingerprint density at radius 3 is 2.74 bits per heavy atom.